The minimum Gasteiger partial charge on any atom is -0.207 e. The van der Waals surface area contributed by atoms with Crippen molar-refractivity contribution in [2.45, 2.75) is 36.9 Å². The number of hydrogen-bond acceptors (Lipinski definition) is 0. The monoisotopic (exact) mass is 330 g/mol. The van der Waals surface area contributed by atoms with Crippen LogP contribution in [-0.4, -0.2) is 4.83 Å². The molecular weight excluding hydrogens is 315 g/mol. The normalized spacial score (nSPS) is 31.8. The fraction of sp³-hybridized carbons (Fsp3) is 0.600. The molecule has 0 spiro atoms. The fourth-order valence-electron chi connectivity index (χ4n) is 3.64. The van der Waals surface area contributed by atoms with Gasteiger partial charge in [-0.15, -0.1) is 0 Å². The maximum absolute atomic E-state index is 13.8. The van der Waals surface area contributed by atoms with E-state index >= 15 is 0 Å². The van der Waals surface area contributed by atoms with Gasteiger partial charge in [-0.2, -0.15) is 0 Å². The first-order valence-electron chi connectivity index (χ1n) is 6.75. The number of hydrogen-bond donors (Lipinski definition) is 0. The van der Waals surface area contributed by atoms with Gasteiger partial charge in [0.05, 0.1) is 0 Å². The molecule has 0 aliphatic heterocycles. The molecule has 0 saturated heterocycles. The third-order valence-electron chi connectivity index (χ3n) is 4.60. The Morgan fingerprint density at radius 1 is 1.28 bits per heavy atom. The van der Waals surface area contributed by atoms with Crippen molar-refractivity contribution in [1.82, 2.24) is 0 Å². The van der Waals surface area contributed by atoms with Crippen LogP contribution in [0.3, 0.4) is 0 Å². The first-order valence-corrected chi connectivity index (χ1v) is 8.05. The molecule has 98 valence electrons. The van der Waals surface area contributed by atoms with E-state index in [1.807, 2.05) is 0 Å². The molecule has 0 bridgehead atoms. The van der Waals surface area contributed by atoms with Crippen LogP contribution in [0.4, 0.5) is 4.39 Å². The third kappa shape index (κ3) is 2.34. The van der Waals surface area contributed by atoms with Crippen LogP contribution in [0.2, 0.25) is 5.02 Å². The van der Waals surface area contributed by atoms with Crippen molar-refractivity contribution in [3.05, 3.63) is 34.6 Å². The molecule has 3 heteroatoms. The minimum atomic E-state index is -0.171. The van der Waals surface area contributed by atoms with Gasteiger partial charge >= 0.3 is 0 Å². The lowest BCUT2D eigenvalue weighted by Gasteiger charge is -2.12. The van der Waals surface area contributed by atoms with Crippen LogP contribution in [0.15, 0.2) is 18.2 Å². The van der Waals surface area contributed by atoms with E-state index in [9.17, 15) is 4.39 Å². The summed E-state index contributed by atoms with van der Waals surface area (Å²) in [6.07, 6.45) is 6.18. The average Bonchev–Trinajstić information content (AvgIpc) is 3.08. The summed E-state index contributed by atoms with van der Waals surface area (Å²) in [7, 11) is 0. The predicted molar refractivity (Wildman–Crippen MR) is 76.8 cm³/mol. The molecule has 0 heterocycles. The molecule has 0 nitrogen and oxygen atoms in total. The summed E-state index contributed by atoms with van der Waals surface area (Å²) in [6.45, 7) is 0. The lowest BCUT2D eigenvalue weighted by molar-refractivity contribution is 0.480. The zero-order valence-corrected chi connectivity index (χ0v) is 12.6. The summed E-state index contributed by atoms with van der Waals surface area (Å²) in [5.74, 6) is 2.33. The Hall–Kier alpha value is -0.0800. The largest absolute Gasteiger partial charge is 0.207 e. The topological polar surface area (TPSA) is 0 Å². The maximum Gasteiger partial charge on any atom is 0.127 e. The number of benzene rings is 1. The summed E-state index contributed by atoms with van der Waals surface area (Å²) in [4.78, 5) is 0.375. The average molecular weight is 332 g/mol. The minimum absolute atomic E-state index is 0.171. The molecule has 1 aromatic rings. The highest BCUT2D eigenvalue weighted by molar-refractivity contribution is 9.09. The summed E-state index contributed by atoms with van der Waals surface area (Å²) >= 11 is 9.87. The number of halogens is 3. The molecular formula is C15H17BrClF. The number of rotatable bonds is 3. The van der Waals surface area contributed by atoms with Gasteiger partial charge in [-0.25, -0.2) is 4.39 Å². The van der Waals surface area contributed by atoms with Crippen molar-refractivity contribution >= 4 is 27.5 Å². The van der Waals surface area contributed by atoms with E-state index in [0.29, 0.717) is 21.8 Å². The smallest absolute Gasteiger partial charge is 0.127 e. The molecule has 0 N–H and O–H groups in total. The Bertz CT molecular complexity index is 416. The summed E-state index contributed by atoms with van der Waals surface area (Å²) in [6, 6.07) is 4.95. The van der Waals surface area contributed by atoms with Gasteiger partial charge in [0.2, 0.25) is 0 Å². The molecule has 2 fully saturated rings. The summed E-state index contributed by atoms with van der Waals surface area (Å²) < 4.78 is 13.8. The van der Waals surface area contributed by atoms with Crippen molar-refractivity contribution in [3.8, 4) is 0 Å². The fourth-order valence-corrected chi connectivity index (χ4v) is 4.99. The van der Waals surface area contributed by atoms with E-state index < -0.39 is 0 Å². The molecule has 0 amide bonds. The van der Waals surface area contributed by atoms with Gasteiger partial charge in [0.25, 0.3) is 0 Å². The second-order valence-corrected chi connectivity index (χ2v) is 7.19. The quantitative estimate of drug-likeness (QED) is 0.666. The molecule has 2 aliphatic carbocycles. The van der Waals surface area contributed by atoms with Crippen molar-refractivity contribution in [2.75, 3.05) is 0 Å². The van der Waals surface area contributed by atoms with E-state index in [1.54, 1.807) is 12.1 Å². The van der Waals surface area contributed by atoms with Crippen molar-refractivity contribution in [1.29, 1.82) is 0 Å². The van der Waals surface area contributed by atoms with E-state index in [4.69, 9.17) is 11.6 Å². The van der Waals surface area contributed by atoms with Gasteiger partial charge in [-0.1, -0.05) is 46.4 Å². The van der Waals surface area contributed by atoms with Gasteiger partial charge < -0.3 is 0 Å². The Labute approximate surface area is 121 Å². The molecule has 0 aromatic heterocycles. The van der Waals surface area contributed by atoms with Crippen LogP contribution in [-0.2, 0) is 6.42 Å². The van der Waals surface area contributed by atoms with E-state index in [2.05, 4.69) is 15.9 Å². The van der Waals surface area contributed by atoms with Crippen LogP contribution in [0, 0.1) is 23.6 Å². The summed E-state index contributed by atoms with van der Waals surface area (Å²) in [5.41, 5.74) is 0.671. The van der Waals surface area contributed by atoms with E-state index in [0.717, 1.165) is 17.8 Å². The van der Waals surface area contributed by atoms with Crippen LogP contribution in [0.25, 0.3) is 0 Å². The zero-order valence-electron chi connectivity index (χ0n) is 10.2. The summed E-state index contributed by atoms with van der Waals surface area (Å²) in [5, 5.41) is 0.558. The van der Waals surface area contributed by atoms with E-state index in [1.165, 1.54) is 31.7 Å². The highest BCUT2D eigenvalue weighted by atomic mass is 79.9. The molecule has 18 heavy (non-hydrogen) atoms. The van der Waals surface area contributed by atoms with Crippen LogP contribution >= 0.6 is 27.5 Å². The lowest BCUT2D eigenvalue weighted by Crippen LogP contribution is -2.09. The van der Waals surface area contributed by atoms with Gasteiger partial charge in [0.1, 0.15) is 5.82 Å². The van der Waals surface area contributed by atoms with Crippen molar-refractivity contribution in [3.63, 3.8) is 0 Å². The van der Waals surface area contributed by atoms with Crippen molar-refractivity contribution in [2.24, 2.45) is 17.8 Å². The first kappa shape index (κ1) is 12.9. The molecule has 2 aliphatic rings. The van der Waals surface area contributed by atoms with Crippen LogP contribution in [0.5, 0.6) is 0 Å². The van der Waals surface area contributed by atoms with Gasteiger partial charge in [-0.3, -0.25) is 0 Å². The van der Waals surface area contributed by atoms with Gasteiger partial charge in [-0.05, 0) is 49.1 Å². The molecule has 2 saturated carbocycles. The number of fused-ring (bicyclic) bond motifs is 1. The standard InChI is InChI=1S/C15H17BrClF/c16-12(15-9-4-1-2-5-10(9)15)8-11-13(17)6-3-7-14(11)18/h3,6-7,9-10,12,15H,1-2,4-5,8H2. The zero-order chi connectivity index (χ0) is 12.7. The van der Waals surface area contributed by atoms with E-state index in [-0.39, 0.29) is 5.82 Å². The SMILES string of the molecule is Fc1cccc(Cl)c1CC(Br)C1C2CCCCC21. The molecule has 0 radical (unpaired) electrons. The second kappa shape index (κ2) is 5.13. The first-order chi connectivity index (χ1) is 8.68. The Kier molecular flexibility index (Phi) is 3.68. The Balaban J connectivity index is 1.70. The Morgan fingerprint density at radius 2 is 1.94 bits per heavy atom. The highest BCUT2D eigenvalue weighted by Gasteiger charge is 2.53. The molecule has 3 unspecified atom stereocenters. The lowest BCUT2D eigenvalue weighted by atomic mass is 10.0. The third-order valence-corrected chi connectivity index (χ3v) is 5.89. The van der Waals surface area contributed by atoms with Crippen molar-refractivity contribution < 1.29 is 4.39 Å². The molecule has 3 atom stereocenters. The highest BCUT2D eigenvalue weighted by Crippen LogP contribution is 2.59. The predicted octanol–water partition coefficient (Wildman–Crippen LogP) is 5.22. The van der Waals surface area contributed by atoms with Gasteiger partial charge in [0.15, 0.2) is 0 Å². The van der Waals surface area contributed by atoms with Gasteiger partial charge in [0, 0.05) is 15.4 Å². The molecule has 1 aromatic carbocycles. The van der Waals surface area contributed by atoms with Crippen LogP contribution < -0.4 is 0 Å². The molecule has 3 rings (SSSR count). The Morgan fingerprint density at radius 3 is 2.56 bits per heavy atom. The number of alkyl halides is 1. The maximum atomic E-state index is 13.8. The second-order valence-electron chi connectivity index (χ2n) is 5.61. The van der Waals surface area contributed by atoms with Crippen LogP contribution in [0.1, 0.15) is 31.2 Å².